The lowest BCUT2D eigenvalue weighted by Crippen LogP contribution is -2.68. The van der Waals surface area contributed by atoms with E-state index in [0.717, 1.165) is 12.8 Å². The molecular formula is C19H36ClF3N6O2. The van der Waals surface area contributed by atoms with Crippen molar-refractivity contribution in [1.29, 1.82) is 0 Å². The Bertz CT molecular complexity index is 571. The average Bonchev–Trinajstić information content (AvgIpc) is 2.68. The maximum Gasteiger partial charge on any atom is 0.411 e. The van der Waals surface area contributed by atoms with E-state index >= 15 is 0 Å². The summed E-state index contributed by atoms with van der Waals surface area (Å²) in [5, 5.41) is 9.09. The van der Waals surface area contributed by atoms with Crippen molar-refractivity contribution in [2.45, 2.75) is 75.2 Å². The summed E-state index contributed by atoms with van der Waals surface area (Å²) in [6, 6.07) is -0.465. The van der Waals surface area contributed by atoms with Gasteiger partial charge in [0.25, 0.3) is 0 Å². The molecule has 182 valence electrons. The minimum atomic E-state index is -4.43. The van der Waals surface area contributed by atoms with Gasteiger partial charge in [0.05, 0.1) is 35.8 Å². The summed E-state index contributed by atoms with van der Waals surface area (Å²) < 4.78 is 42.9. The molecule has 2 heterocycles. The van der Waals surface area contributed by atoms with Crippen molar-refractivity contribution in [2.75, 3.05) is 32.8 Å². The molecule has 2 fully saturated rings. The predicted molar refractivity (Wildman–Crippen MR) is 113 cm³/mol. The number of nitrogens with one attached hydrogen (secondary N) is 3. The second-order valence-corrected chi connectivity index (χ2v) is 9.08. The minimum Gasteiger partial charge on any atom is -0.367 e. The van der Waals surface area contributed by atoms with Gasteiger partial charge in [0, 0.05) is 25.7 Å². The van der Waals surface area contributed by atoms with Crippen molar-refractivity contribution < 1.29 is 22.7 Å². The fourth-order valence-corrected chi connectivity index (χ4v) is 4.58. The molecule has 1 amide bonds. The molecule has 2 aliphatic rings. The second kappa shape index (κ2) is 12.0. The van der Waals surface area contributed by atoms with Crippen LogP contribution in [0.25, 0.3) is 0 Å². The Balaban J connectivity index is 2.12. The summed E-state index contributed by atoms with van der Waals surface area (Å²) >= 11 is 6.35. The summed E-state index contributed by atoms with van der Waals surface area (Å²) in [6.07, 6.45) is -4.33. The van der Waals surface area contributed by atoms with Gasteiger partial charge in [0.2, 0.25) is 5.91 Å². The normalized spacial score (nSPS) is 30.2. The highest BCUT2D eigenvalue weighted by Gasteiger charge is 2.42. The molecular weight excluding hydrogens is 437 g/mol. The zero-order valence-electron chi connectivity index (χ0n) is 18.1. The minimum absolute atomic E-state index is 0.115. The molecule has 6 atom stereocenters. The van der Waals surface area contributed by atoms with Crippen LogP contribution in [0.1, 0.15) is 33.1 Å². The molecule has 7 N–H and O–H groups in total. The third-order valence-corrected chi connectivity index (χ3v) is 6.14. The summed E-state index contributed by atoms with van der Waals surface area (Å²) in [5.41, 5.74) is 12.0. The third kappa shape index (κ3) is 7.99. The van der Waals surface area contributed by atoms with E-state index in [4.69, 9.17) is 27.8 Å². The number of carbonyl (C=O) groups excluding carboxylic acids is 1. The molecule has 6 unspecified atom stereocenters. The van der Waals surface area contributed by atoms with Crippen LogP contribution in [0.5, 0.6) is 0 Å². The first kappa shape index (κ1) is 26.6. The zero-order chi connectivity index (χ0) is 23.2. The topological polar surface area (TPSA) is 118 Å². The Kier molecular flexibility index (Phi) is 10.3. The van der Waals surface area contributed by atoms with E-state index in [-0.39, 0.29) is 11.4 Å². The van der Waals surface area contributed by atoms with Crippen LogP contribution in [0.4, 0.5) is 13.2 Å². The number of nitrogens with two attached hydrogens (primary N) is 2. The van der Waals surface area contributed by atoms with E-state index in [1.165, 1.54) is 0 Å². The molecule has 8 nitrogen and oxygen atoms in total. The fraction of sp³-hybridized carbons (Fsp3) is 0.947. The van der Waals surface area contributed by atoms with Crippen LogP contribution in [0.2, 0.25) is 0 Å². The molecule has 2 saturated heterocycles. The molecule has 31 heavy (non-hydrogen) atoms. The number of piperidine rings is 1. The number of halogens is 4. The van der Waals surface area contributed by atoms with Gasteiger partial charge in [0.1, 0.15) is 6.61 Å². The molecule has 12 heteroatoms. The lowest BCUT2D eigenvalue weighted by atomic mass is 9.94. The first-order chi connectivity index (χ1) is 14.5. The van der Waals surface area contributed by atoms with E-state index in [9.17, 15) is 18.0 Å². The van der Waals surface area contributed by atoms with Crippen LogP contribution in [-0.2, 0) is 9.53 Å². The van der Waals surface area contributed by atoms with Crippen LogP contribution in [0.15, 0.2) is 0 Å². The fourth-order valence-electron chi connectivity index (χ4n) is 4.33. The van der Waals surface area contributed by atoms with Gasteiger partial charge in [-0.3, -0.25) is 15.0 Å². The summed E-state index contributed by atoms with van der Waals surface area (Å²) in [5.74, 6) is -1.22. The van der Waals surface area contributed by atoms with Crippen molar-refractivity contribution in [2.24, 2.45) is 17.4 Å². The molecule has 0 saturated carbocycles. The molecule has 0 aromatic heterocycles. The largest absolute Gasteiger partial charge is 0.411 e. The third-order valence-electron chi connectivity index (χ3n) is 5.85. The number of amides is 1. The SMILES string of the molecule is CCCC(C)N1CC(Cl)CNC1C(C(=O)NC1CNCCC1OCC(F)(F)F)C(N)N. The number of nitrogens with zero attached hydrogens (tertiary/aromatic N) is 1. The number of carbonyl (C=O) groups is 1. The van der Waals surface area contributed by atoms with Gasteiger partial charge in [-0.1, -0.05) is 13.3 Å². The zero-order valence-corrected chi connectivity index (χ0v) is 18.9. The van der Waals surface area contributed by atoms with E-state index in [1.54, 1.807) is 0 Å². The van der Waals surface area contributed by atoms with Crippen LogP contribution in [-0.4, -0.2) is 85.7 Å². The lowest BCUT2D eigenvalue weighted by molar-refractivity contribution is -0.190. The van der Waals surface area contributed by atoms with Crippen molar-refractivity contribution >= 4 is 17.5 Å². The quantitative estimate of drug-likeness (QED) is 0.242. The number of ether oxygens (including phenoxy) is 1. The number of hydrogen-bond acceptors (Lipinski definition) is 7. The standard InChI is InChI=1S/C19H36ClF3N6O2/c1-3-4-11(2)29-9-12(20)7-27-17(29)15(16(24)25)18(30)28-13-8-26-6-5-14(13)31-10-19(21,22)23/h11-17,26-27H,3-10,24-25H2,1-2H3,(H,28,30). The van der Waals surface area contributed by atoms with Gasteiger partial charge < -0.3 is 26.8 Å². The van der Waals surface area contributed by atoms with Crippen molar-refractivity contribution in [3.05, 3.63) is 0 Å². The van der Waals surface area contributed by atoms with Crippen LogP contribution in [0.3, 0.4) is 0 Å². The Morgan fingerprint density at radius 2 is 2.06 bits per heavy atom. The Morgan fingerprint density at radius 3 is 2.68 bits per heavy atom. The Morgan fingerprint density at radius 1 is 1.35 bits per heavy atom. The van der Waals surface area contributed by atoms with Gasteiger partial charge >= 0.3 is 6.18 Å². The van der Waals surface area contributed by atoms with Crippen molar-refractivity contribution in [1.82, 2.24) is 20.9 Å². The molecule has 0 radical (unpaired) electrons. The molecule has 2 aliphatic heterocycles. The molecule has 0 spiro atoms. The van der Waals surface area contributed by atoms with Gasteiger partial charge in [0.15, 0.2) is 0 Å². The molecule has 0 aliphatic carbocycles. The molecule has 2 rings (SSSR count). The maximum absolute atomic E-state index is 13.2. The number of rotatable bonds is 9. The highest BCUT2D eigenvalue weighted by atomic mass is 35.5. The van der Waals surface area contributed by atoms with Crippen LogP contribution >= 0.6 is 11.6 Å². The van der Waals surface area contributed by atoms with E-state index in [1.807, 2.05) is 0 Å². The van der Waals surface area contributed by atoms with Crippen molar-refractivity contribution in [3.63, 3.8) is 0 Å². The smallest absolute Gasteiger partial charge is 0.367 e. The van der Waals surface area contributed by atoms with Gasteiger partial charge in [-0.15, -0.1) is 11.6 Å². The summed E-state index contributed by atoms with van der Waals surface area (Å²) in [7, 11) is 0. The first-order valence-electron chi connectivity index (χ1n) is 10.9. The second-order valence-electron chi connectivity index (χ2n) is 8.46. The number of hydrogen-bond donors (Lipinski definition) is 5. The monoisotopic (exact) mass is 472 g/mol. The van der Waals surface area contributed by atoms with E-state index in [0.29, 0.717) is 32.6 Å². The number of alkyl halides is 4. The Labute approximate surface area is 186 Å². The molecule has 0 aromatic carbocycles. The average molecular weight is 473 g/mol. The highest BCUT2D eigenvalue weighted by molar-refractivity contribution is 6.21. The van der Waals surface area contributed by atoms with Gasteiger partial charge in [-0.05, 0) is 26.3 Å². The van der Waals surface area contributed by atoms with E-state index in [2.05, 4.69) is 34.7 Å². The maximum atomic E-state index is 13.2. The lowest BCUT2D eigenvalue weighted by Gasteiger charge is -2.46. The van der Waals surface area contributed by atoms with Gasteiger partial charge in [-0.2, -0.15) is 13.2 Å². The summed E-state index contributed by atoms with van der Waals surface area (Å²) in [6.45, 7) is 4.69. The first-order valence-corrected chi connectivity index (χ1v) is 11.3. The van der Waals surface area contributed by atoms with Crippen LogP contribution in [0, 0.1) is 5.92 Å². The Hall–Kier alpha value is -0.690. The molecule has 0 bridgehead atoms. The van der Waals surface area contributed by atoms with E-state index < -0.39 is 49.1 Å². The van der Waals surface area contributed by atoms with Crippen LogP contribution < -0.4 is 27.4 Å². The highest BCUT2D eigenvalue weighted by Crippen LogP contribution is 2.23. The van der Waals surface area contributed by atoms with Gasteiger partial charge in [-0.25, -0.2) is 0 Å². The molecule has 0 aromatic rings. The summed E-state index contributed by atoms with van der Waals surface area (Å²) in [4.78, 5) is 15.3. The predicted octanol–water partition coefficient (Wildman–Crippen LogP) is 0.299. The van der Waals surface area contributed by atoms with Crippen molar-refractivity contribution in [3.8, 4) is 0 Å².